The average Bonchev–Trinajstić information content (AvgIpc) is 3.18. The van der Waals surface area contributed by atoms with E-state index < -0.39 is 5.41 Å². The van der Waals surface area contributed by atoms with Gasteiger partial charge < -0.3 is 9.64 Å². The zero-order valence-electron chi connectivity index (χ0n) is 16.6. The molecule has 1 atom stereocenters. The number of ketones is 1. The molecule has 0 N–H and O–H groups in total. The summed E-state index contributed by atoms with van der Waals surface area (Å²) in [5.41, 5.74) is 0.616. The number of Topliss-reactive ketones (excluding diaryl/α,β-unsaturated/α-hetero) is 1. The molecule has 154 valence electrons. The number of nitrogens with zero attached hydrogens (tertiary/aromatic N) is 1. The second kappa shape index (κ2) is 9.09. The number of amides is 1. The van der Waals surface area contributed by atoms with Crippen LogP contribution in [-0.4, -0.2) is 42.3 Å². The fourth-order valence-electron chi connectivity index (χ4n) is 3.83. The molecule has 2 heterocycles. The number of hydrogen-bond acceptors (Lipinski definition) is 5. The minimum absolute atomic E-state index is 0.0606. The van der Waals surface area contributed by atoms with Gasteiger partial charge in [0.25, 0.3) is 5.91 Å². The van der Waals surface area contributed by atoms with Crippen LogP contribution in [0.15, 0.2) is 35.7 Å². The molecule has 7 heteroatoms. The fourth-order valence-corrected chi connectivity index (χ4v) is 4.82. The lowest BCUT2D eigenvalue weighted by Crippen LogP contribution is -2.51. The van der Waals surface area contributed by atoms with Crippen LogP contribution in [-0.2, 0) is 16.0 Å². The molecule has 1 aliphatic rings. The molecule has 1 saturated heterocycles. The number of benzene rings is 1. The van der Waals surface area contributed by atoms with E-state index in [-0.39, 0.29) is 30.8 Å². The zero-order chi connectivity index (χ0) is 21.0. The Labute approximate surface area is 179 Å². The van der Waals surface area contributed by atoms with Gasteiger partial charge >= 0.3 is 5.97 Å². The van der Waals surface area contributed by atoms with Crippen LogP contribution < -0.4 is 0 Å². The van der Waals surface area contributed by atoms with E-state index >= 15 is 0 Å². The molecule has 1 aliphatic heterocycles. The van der Waals surface area contributed by atoms with Crippen molar-refractivity contribution in [2.45, 2.75) is 33.1 Å². The molecule has 0 bridgehead atoms. The summed E-state index contributed by atoms with van der Waals surface area (Å²) >= 11 is 7.39. The first-order valence-electron chi connectivity index (χ1n) is 9.65. The molecule has 1 amide bonds. The van der Waals surface area contributed by atoms with Crippen molar-refractivity contribution in [1.82, 2.24) is 4.90 Å². The Morgan fingerprint density at radius 2 is 2.07 bits per heavy atom. The molecular weight excluding hydrogens is 410 g/mol. The van der Waals surface area contributed by atoms with Crippen LogP contribution in [0.1, 0.15) is 52.3 Å². The van der Waals surface area contributed by atoms with Crippen molar-refractivity contribution < 1.29 is 19.1 Å². The van der Waals surface area contributed by atoms with E-state index in [2.05, 4.69) is 0 Å². The largest absolute Gasteiger partial charge is 0.466 e. The average molecular weight is 434 g/mol. The van der Waals surface area contributed by atoms with E-state index in [1.807, 2.05) is 18.2 Å². The number of carbonyl (C=O) groups is 3. The number of halogens is 1. The number of esters is 1. The van der Waals surface area contributed by atoms with Gasteiger partial charge in [0, 0.05) is 23.5 Å². The van der Waals surface area contributed by atoms with Gasteiger partial charge in [-0.3, -0.25) is 14.4 Å². The van der Waals surface area contributed by atoms with Crippen molar-refractivity contribution in [3.8, 4) is 0 Å². The van der Waals surface area contributed by atoms with Gasteiger partial charge in [0.1, 0.15) is 0 Å². The first-order valence-corrected chi connectivity index (χ1v) is 10.9. The summed E-state index contributed by atoms with van der Waals surface area (Å²) in [6.45, 7) is 4.41. The number of ether oxygens (including phenoxy) is 1. The van der Waals surface area contributed by atoms with Crippen LogP contribution in [0.2, 0.25) is 5.02 Å². The van der Waals surface area contributed by atoms with Crippen LogP contribution in [0, 0.1) is 5.41 Å². The Balaban J connectivity index is 1.87. The second-order valence-electron chi connectivity index (χ2n) is 7.39. The van der Waals surface area contributed by atoms with Crippen molar-refractivity contribution in [2.24, 2.45) is 5.41 Å². The molecule has 0 unspecified atom stereocenters. The van der Waals surface area contributed by atoms with Crippen molar-refractivity contribution in [2.75, 3.05) is 19.7 Å². The van der Waals surface area contributed by atoms with Crippen LogP contribution in [0.4, 0.5) is 0 Å². The summed E-state index contributed by atoms with van der Waals surface area (Å²) in [4.78, 5) is 39.9. The molecule has 0 spiro atoms. The number of carbonyl (C=O) groups excluding carboxylic acids is 3. The second-order valence-corrected chi connectivity index (χ2v) is 8.74. The summed E-state index contributed by atoms with van der Waals surface area (Å²) in [7, 11) is 0. The molecule has 5 nitrogen and oxygen atoms in total. The van der Waals surface area contributed by atoms with Crippen LogP contribution in [0.25, 0.3) is 0 Å². The molecule has 0 aliphatic carbocycles. The van der Waals surface area contributed by atoms with E-state index in [1.165, 1.54) is 18.3 Å². The number of hydrogen-bond donors (Lipinski definition) is 0. The van der Waals surface area contributed by atoms with Crippen molar-refractivity contribution in [3.63, 3.8) is 0 Å². The number of likely N-dealkylation sites (tertiary alicyclic amines) is 1. The Morgan fingerprint density at radius 1 is 1.28 bits per heavy atom. The van der Waals surface area contributed by atoms with Gasteiger partial charge in [0.2, 0.25) is 0 Å². The van der Waals surface area contributed by atoms with Crippen molar-refractivity contribution >= 4 is 40.6 Å². The summed E-state index contributed by atoms with van der Waals surface area (Å²) in [5.74, 6) is -0.505. The van der Waals surface area contributed by atoms with E-state index in [0.29, 0.717) is 41.3 Å². The molecule has 0 radical (unpaired) electrons. The normalized spacial score (nSPS) is 19.1. The van der Waals surface area contributed by atoms with Gasteiger partial charge in [-0.05, 0) is 56.9 Å². The van der Waals surface area contributed by atoms with Crippen molar-refractivity contribution in [3.05, 3.63) is 56.7 Å². The lowest BCUT2D eigenvalue weighted by molar-refractivity contribution is -0.158. The highest BCUT2D eigenvalue weighted by Crippen LogP contribution is 2.36. The monoisotopic (exact) mass is 433 g/mol. The Bertz CT molecular complexity index is 925. The van der Waals surface area contributed by atoms with Gasteiger partial charge in [-0.15, -0.1) is 11.3 Å². The van der Waals surface area contributed by atoms with Gasteiger partial charge in [-0.1, -0.05) is 23.7 Å². The summed E-state index contributed by atoms with van der Waals surface area (Å²) < 4.78 is 5.40. The molecular formula is C22H24ClNO4S. The molecule has 3 rings (SSSR count). The van der Waals surface area contributed by atoms with Gasteiger partial charge in [0.05, 0.1) is 22.5 Å². The fraction of sp³-hybridized carbons (Fsp3) is 0.409. The van der Waals surface area contributed by atoms with Crippen LogP contribution >= 0.6 is 22.9 Å². The van der Waals surface area contributed by atoms with E-state index in [9.17, 15) is 14.4 Å². The topological polar surface area (TPSA) is 63.7 Å². The SMILES string of the molecule is CCOC(=O)[C@]1(Cc2cccc(Cl)c2)CCCN(C(=O)c2csc(C(C)=O)c2)C1. The molecule has 0 saturated carbocycles. The zero-order valence-corrected chi connectivity index (χ0v) is 18.1. The van der Waals surface area contributed by atoms with E-state index in [1.54, 1.807) is 29.3 Å². The van der Waals surface area contributed by atoms with Gasteiger partial charge in [-0.25, -0.2) is 0 Å². The number of rotatable bonds is 6. The quantitative estimate of drug-likeness (QED) is 0.492. The highest BCUT2D eigenvalue weighted by atomic mass is 35.5. The predicted molar refractivity (Wildman–Crippen MR) is 114 cm³/mol. The summed E-state index contributed by atoms with van der Waals surface area (Å²) in [6.07, 6.45) is 1.80. The Hall–Kier alpha value is -2.18. The lowest BCUT2D eigenvalue weighted by Gasteiger charge is -2.41. The number of thiophene rings is 1. The third-order valence-corrected chi connectivity index (χ3v) is 6.46. The maximum Gasteiger partial charge on any atom is 0.314 e. The predicted octanol–water partition coefficient (Wildman–Crippen LogP) is 4.63. The molecule has 1 aromatic heterocycles. The standard InChI is InChI=1S/C22H24ClNO4S/c1-3-28-21(27)22(12-16-6-4-7-18(23)10-16)8-5-9-24(14-22)20(26)17-11-19(15(2)25)29-13-17/h4,6-7,10-11,13H,3,5,8-9,12,14H2,1-2H3/t22-/m0/s1. The molecule has 1 aromatic carbocycles. The summed E-state index contributed by atoms with van der Waals surface area (Å²) in [6, 6.07) is 9.07. The van der Waals surface area contributed by atoms with Crippen molar-refractivity contribution in [1.29, 1.82) is 0 Å². The maximum atomic E-state index is 13.1. The maximum absolute atomic E-state index is 13.1. The Kier molecular flexibility index (Phi) is 6.75. The first kappa shape index (κ1) is 21.5. The van der Waals surface area contributed by atoms with Gasteiger partial charge in [-0.2, -0.15) is 0 Å². The number of piperidine rings is 1. The van der Waals surface area contributed by atoms with Crippen LogP contribution in [0.5, 0.6) is 0 Å². The summed E-state index contributed by atoms with van der Waals surface area (Å²) in [5, 5.41) is 2.32. The highest BCUT2D eigenvalue weighted by molar-refractivity contribution is 7.12. The minimum Gasteiger partial charge on any atom is -0.466 e. The first-order chi connectivity index (χ1) is 13.8. The molecule has 29 heavy (non-hydrogen) atoms. The minimum atomic E-state index is -0.811. The highest BCUT2D eigenvalue weighted by Gasteiger charge is 2.45. The molecule has 2 aromatic rings. The lowest BCUT2D eigenvalue weighted by atomic mass is 9.75. The van der Waals surface area contributed by atoms with Crippen LogP contribution in [0.3, 0.4) is 0 Å². The third kappa shape index (κ3) is 4.87. The third-order valence-electron chi connectivity index (χ3n) is 5.20. The van der Waals surface area contributed by atoms with Gasteiger partial charge in [0.15, 0.2) is 5.78 Å². The molecule has 1 fully saturated rings. The Morgan fingerprint density at radius 3 is 2.72 bits per heavy atom. The van der Waals surface area contributed by atoms with E-state index in [4.69, 9.17) is 16.3 Å². The van der Waals surface area contributed by atoms with E-state index in [0.717, 1.165) is 5.56 Å². The smallest absolute Gasteiger partial charge is 0.314 e.